The van der Waals surface area contributed by atoms with Crippen molar-refractivity contribution in [2.45, 2.75) is 62.9 Å². The van der Waals surface area contributed by atoms with Gasteiger partial charge in [-0.2, -0.15) is 0 Å². The molecule has 3 amide bonds. The zero-order valence-electron chi connectivity index (χ0n) is 17.4. The van der Waals surface area contributed by atoms with Crippen LogP contribution in [-0.2, 0) is 33.6 Å². The van der Waals surface area contributed by atoms with Gasteiger partial charge in [-0.05, 0) is 13.3 Å². The van der Waals surface area contributed by atoms with Crippen molar-refractivity contribution in [2.24, 2.45) is 5.73 Å². The fourth-order valence-corrected chi connectivity index (χ4v) is 2.39. The van der Waals surface area contributed by atoms with Crippen LogP contribution in [0.3, 0.4) is 0 Å². The van der Waals surface area contributed by atoms with E-state index in [-0.39, 0.29) is 0 Å². The first-order valence-corrected chi connectivity index (χ1v) is 9.38. The first-order valence-electron chi connectivity index (χ1n) is 9.38. The molecular weight excluding hydrogens is 452 g/mol. The van der Waals surface area contributed by atoms with E-state index in [4.69, 9.17) is 26.2 Å². The van der Waals surface area contributed by atoms with E-state index in [0.29, 0.717) is 0 Å². The number of carboxylic acids is 4. The Kier molecular flexibility index (Phi) is 12.0. The van der Waals surface area contributed by atoms with Crippen LogP contribution in [0.5, 0.6) is 0 Å². The van der Waals surface area contributed by atoms with Crippen LogP contribution < -0.4 is 21.7 Å². The van der Waals surface area contributed by atoms with Gasteiger partial charge in [-0.15, -0.1) is 0 Å². The van der Waals surface area contributed by atoms with Crippen molar-refractivity contribution in [3.63, 3.8) is 0 Å². The second-order valence-electron chi connectivity index (χ2n) is 6.92. The molecule has 186 valence electrons. The number of aliphatic hydroxyl groups excluding tert-OH is 1. The highest BCUT2D eigenvalue weighted by Crippen LogP contribution is 2.04. The van der Waals surface area contributed by atoms with Crippen molar-refractivity contribution in [2.75, 3.05) is 0 Å². The standard InChI is InChI=1S/C17H26N4O12/c1-6(22)13(17(32)33)21-15(30)8(2-3-10(23)24)19-16(31)9(5-12(27)28)20-14(29)7(18)4-11(25)26/h6-9,13,22H,2-5,18H2,1H3,(H,19,31)(H,20,29)(H,21,30)(H,23,24)(H,25,26)(H,27,28)(H,32,33). The summed E-state index contributed by atoms with van der Waals surface area (Å²) in [5, 5.41) is 50.9. The molecular formula is C17H26N4O12. The number of carbonyl (C=O) groups excluding carboxylic acids is 3. The molecule has 0 spiro atoms. The monoisotopic (exact) mass is 478 g/mol. The fourth-order valence-electron chi connectivity index (χ4n) is 2.39. The van der Waals surface area contributed by atoms with E-state index in [9.17, 15) is 38.7 Å². The number of nitrogens with two attached hydrogens (primary N) is 1. The van der Waals surface area contributed by atoms with E-state index in [2.05, 4.69) is 0 Å². The van der Waals surface area contributed by atoms with Crippen molar-refractivity contribution in [1.29, 1.82) is 0 Å². The van der Waals surface area contributed by atoms with E-state index in [1.165, 1.54) is 0 Å². The van der Waals surface area contributed by atoms with Crippen LogP contribution in [0.15, 0.2) is 0 Å². The summed E-state index contributed by atoms with van der Waals surface area (Å²) < 4.78 is 0. The summed E-state index contributed by atoms with van der Waals surface area (Å²) in [6, 6.07) is -6.94. The summed E-state index contributed by atoms with van der Waals surface area (Å²) in [6.45, 7) is 1.06. The molecule has 5 atom stereocenters. The summed E-state index contributed by atoms with van der Waals surface area (Å²) in [4.78, 5) is 80.7. The maximum atomic E-state index is 12.5. The minimum absolute atomic E-state index is 0.550. The van der Waals surface area contributed by atoms with Crippen LogP contribution in [0.2, 0.25) is 0 Å². The van der Waals surface area contributed by atoms with Gasteiger partial charge in [-0.25, -0.2) is 4.79 Å². The average molecular weight is 478 g/mol. The van der Waals surface area contributed by atoms with Crippen molar-refractivity contribution >= 4 is 41.6 Å². The smallest absolute Gasteiger partial charge is 0.328 e. The molecule has 0 saturated carbocycles. The van der Waals surface area contributed by atoms with Gasteiger partial charge in [0.1, 0.15) is 12.1 Å². The average Bonchev–Trinajstić information content (AvgIpc) is 2.66. The van der Waals surface area contributed by atoms with Gasteiger partial charge in [0.15, 0.2) is 6.04 Å². The third-order valence-corrected chi connectivity index (χ3v) is 4.07. The maximum absolute atomic E-state index is 12.5. The Morgan fingerprint density at radius 1 is 0.727 bits per heavy atom. The molecule has 0 aliphatic rings. The summed E-state index contributed by atoms with van der Waals surface area (Å²) >= 11 is 0. The predicted octanol–water partition coefficient (Wildman–Crippen LogP) is -3.95. The summed E-state index contributed by atoms with van der Waals surface area (Å²) in [6.07, 6.45) is -4.60. The summed E-state index contributed by atoms with van der Waals surface area (Å²) in [5.74, 6) is -9.62. The first-order chi connectivity index (χ1) is 15.1. The zero-order chi connectivity index (χ0) is 25.9. The first kappa shape index (κ1) is 29.2. The molecule has 0 fully saturated rings. The lowest BCUT2D eigenvalue weighted by atomic mass is 10.1. The minimum atomic E-state index is -1.83. The van der Waals surface area contributed by atoms with E-state index in [0.717, 1.165) is 6.92 Å². The molecule has 33 heavy (non-hydrogen) atoms. The zero-order valence-corrected chi connectivity index (χ0v) is 17.4. The van der Waals surface area contributed by atoms with Gasteiger partial charge in [0.2, 0.25) is 17.7 Å². The van der Waals surface area contributed by atoms with Crippen LogP contribution >= 0.6 is 0 Å². The van der Waals surface area contributed by atoms with E-state index >= 15 is 0 Å². The van der Waals surface area contributed by atoms with Crippen LogP contribution in [-0.4, -0.2) is 97.4 Å². The lowest BCUT2D eigenvalue weighted by Gasteiger charge is -2.25. The van der Waals surface area contributed by atoms with Crippen molar-refractivity contribution < 1.29 is 59.1 Å². The molecule has 0 aromatic heterocycles. The van der Waals surface area contributed by atoms with Crippen LogP contribution in [0.1, 0.15) is 32.6 Å². The van der Waals surface area contributed by atoms with E-state index < -0.39 is 97.6 Å². The Labute approximate surface area is 186 Å². The molecule has 0 saturated heterocycles. The number of hydrogen-bond acceptors (Lipinski definition) is 9. The number of carbonyl (C=O) groups is 7. The van der Waals surface area contributed by atoms with Crippen molar-refractivity contribution in [3.8, 4) is 0 Å². The second kappa shape index (κ2) is 13.6. The number of nitrogens with one attached hydrogen (secondary N) is 3. The molecule has 0 aromatic rings. The maximum Gasteiger partial charge on any atom is 0.328 e. The molecule has 0 bridgehead atoms. The number of amides is 3. The predicted molar refractivity (Wildman–Crippen MR) is 104 cm³/mol. The lowest BCUT2D eigenvalue weighted by molar-refractivity contribution is -0.146. The molecule has 16 heteroatoms. The van der Waals surface area contributed by atoms with Gasteiger partial charge < -0.3 is 47.2 Å². The fraction of sp³-hybridized carbons (Fsp3) is 0.588. The summed E-state index contributed by atoms with van der Waals surface area (Å²) in [7, 11) is 0. The highest BCUT2D eigenvalue weighted by molar-refractivity contribution is 5.96. The molecule has 10 N–H and O–H groups in total. The number of aliphatic hydroxyl groups is 1. The Morgan fingerprint density at radius 2 is 1.21 bits per heavy atom. The third-order valence-electron chi connectivity index (χ3n) is 4.07. The molecule has 0 aliphatic heterocycles. The second-order valence-corrected chi connectivity index (χ2v) is 6.92. The van der Waals surface area contributed by atoms with E-state index in [1.807, 2.05) is 16.0 Å². The van der Waals surface area contributed by atoms with Gasteiger partial charge in [0.25, 0.3) is 0 Å². The van der Waals surface area contributed by atoms with Crippen LogP contribution in [0.4, 0.5) is 0 Å². The van der Waals surface area contributed by atoms with Gasteiger partial charge in [-0.3, -0.25) is 28.8 Å². The molecule has 5 unspecified atom stereocenters. The molecule has 16 nitrogen and oxygen atoms in total. The minimum Gasteiger partial charge on any atom is -0.481 e. The van der Waals surface area contributed by atoms with Crippen LogP contribution in [0, 0.1) is 0 Å². The van der Waals surface area contributed by atoms with Crippen molar-refractivity contribution in [1.82, 2.24) is 16.0 Å². The third kappa shape index (κ3) is 11.4. The van der Waals surface area contributed by atoms with Crippen molar-refractivity contribution in [3.05, 3.63) is 0 Å². The Bertz CT molecular complexity index is 784. The number of aliphatic carboxylic acids is 4. The van der Waals surface area contributed by atoms with Gasteiger partial charge in [-0.1, -0.05) is 0 Å². The quantitative estimate of drug-likeness (QED) is 0.109. The number of carboxylic acid groups (broad SMARTS) is 4. The molecule has 0 aliphatic carbocycles. The normalized spacial score (nSPS) is 15.1. The molecule has 0 aromatic carbocycles. The molecule has 0 heterocycles. The number of rotatable bonds is 15. The SMILES string of the molecule is CC(O)C(NC(=O)C(CCC(=O)O)NC(=O)C(CC(=O)O)NC(=O)C(N)CC(=O)O)C(=O)O. The van der Waals surface area contributed by atoms with Gasteiger partial charge in [0, 0.05) is 6.42 Å². The Balaban J connectivity index is 5.60. The van der Waals surface area contributed by atoms with Gasteiger partial charge in [0.05, 0.1) is 25.0 Å². The largest absolute Gasteiger partial charge is 0.481 e. The lowest BCUT2D eigenvalue weighted by Crippen LogP contribution is -2.58. The van der Waals surface area contributed by atoms with Crippen LogP contribution in [0.25, 0.3) is 0 Å². The Morgan fingerprint density at radius 3 is 1.64 bits per heavy atom. The topological polar surface area (TPSA) is 283 Å². The highest BCUT2D eigenvalue weighted by atomic mass is 16.4. The Hall–Kier alpha value is -3.79. The van der Waals surface area contributed by atoms with E-state index in [1.54, 1.807) is 0 Å². The summed E-state index contributed by atoms with van der Waals surface area (Å²) in [5.41, 5.74) is 5.36. The number of hydrogen-bond donors (Lipinski definition) is 9. The molecule has 0 radical (unpaired) electrons. The molecule has 0 rings (SSSR count). The highest BCUT2D eigenvalue weighted by Gasteiger charge is 2.33. The van der Waals surface area contributed by atoms with Gasteiger partial charge >= 0.3 is 23.9 Å².